The number of thiocarbonyl (C=S) groups is 1. The number of carbonyl (C=O) groups is 2. The molecule has 0 aliphatic rings. The van der Waals surface area contributed by atoms with Crippen molar-refractivity contribution in [1.82, 2.24) is 20.6 Å². The first kappa shape index (κ1) is 26.0. The third kappa shape index (κ3) is 8.66. The van der Waals surface area contributed by atoms with Crippen molar-refractivity contribution in [3.8, 4) is 0 Å². The molecule has 0 amide bonds. The molecular formula is C20H24ClFN6O4S. The molecule has 0 unspecified atom stereocenters. The summed E-state index contributed by atoms with van der Waals surface area (Å²) in [7, 11) is 0. The highest BCUT2D eigenvalue weighted by molar-refractivity contribution is 7.80. The molecule has 1 aromatic heterocycles. The molecule has 0 aliphatic carbocycles. The van der Waals surface area contributed by atoms with Crippen molar-refractivity contribution >= 4 is 58.3 Å². The summed E-state index contributed by atoms with van der Waals surface area (Å²) in [5, 5.41) is 20.5. The molecule has 2 rings (SSSR count). The van der Waals surface area contributed by atoms with E-state index in [4.69, 9.17) is 33.7 Å². The van der Waals surface area contributed by atoms with E-state index in [-0.39, 0.29) is 47.6 Å². The van der Waals surface area contributed by atoms with Crippen molar-refractivity contribution in [3.05, 3.63) is 40.8 Å². The molecule has 13 heteroatoms. The van der Waals surface area contributed by atoms with Crippen LogP contribution in [0.15, 0.2) is 24.4 Å². The van der Waals surface area contributed by atoms with Crippen LogP contribution in [0.25, 0.3) is 0 Å². The van der Waals surface area contributed by atoms with Gasteiger partial charge in [0, 0.05) is 25.8 Å². The van der Waals surface area contributed by atoms with Gasteiger partial charge in [0.1, 0.15) is 17.2 Å². The zero-order valence-corrected chi connectivity index (χ0v) is 19.4. The van der Waals surface area contributed by atoms with Crippen LogP contribution in [0.5, 0.6) is 0 Å². The summed E-state index contributed by atoms with van der Waals surface area (Å²) >= 11 is 11.0. The van der Waals surface area contributed by atoms with Crippen LogP contribution in [0, 0.1) is 5.82 Å². The van der Waals surface area contributed by atoms with Gasteiger partial charge >= 0.3 is 11.9 Å². The summed E-state index contributed by atoms with van der Waals surface area (Å²) in [5.41, 5.74) is 0.422. The Morgan fingerprint density at radius 2 is 2.00 bits per heavy atom. The van der Waals surface area contributed by atoms with Gasteiger partial charge in [-0.15, -0.1) is 0 Å². The number of esters is 1. The lowest BCUT2D eigenvalue weighted by Gasteiger charge is -2.14. The number of carboxylic acid groups (broad SMARTS) is 1. The molecule has 10 nitrogen and oxygen atoms in total. The maximum atomic E-state index is 13.7. The molecule has 5 N–H and O–H groups in total. The lowest BCUT2D eigenvalue weighted by atomic mass is 10.3. The van der Waals surface area contributed by atoms with Gasteiger partial charge in [0.05, 0.1) is 23.7 Å². The van der Waals surface area contributed by atoms with Gasteiger partial charge in [0.25, 0.3) is 0 Å². The van der Waals surface area contributed by atoms with Gasteiger partial charge in [0.15, 0.2) is 5.11 Å². The lowest BCUT2D eigenvalue weighted by molar-refractivity contribution is -0.136. The number of hydrogen-bond acceptors (Lipinski definition) is 8. The van der Waals surface area contributed by atoms with Crippen LogP contribution in [-0.2, 0) is 9.53 Å². The van der Waals surface area contributed by atoms with Gasteiger partial charge in [-0.3, -0.25) is 4.79 Å². The average molecular weight is 499 g/mol. The van der Waals surface area contributed by atoms with Gasteiger partial charge in [-0.2, -0.15) is 4.98 Å². The van der Waals surface area contributed by atoms with Crippen molar-refractivity contribution in [1.29, 1.82) is 0 Å². The average Bonchev–Trinajstić information content (AvgIpc) is 2.76. The lowest BCUT2D eigenvalue weighted by Crippen LogP contribution is -2.37. The number of aromatic nitrogens is 2. The van der Waals surface area contributed by atoms with Gasteiger partial charge < -0.3 is 31.1 Å². The van der Waals surface area contributed by atoms with E-state index >= 15 is 0 Å². The maximum absolute atomic E-state index is 13.7. The summed E-state index contributed by atoms with van der Waals surface area (Å²) in [6.07, 6.45) is 1.87. The highest BCUT2D eigenvalue weighted by atomic mass is 35.5. The SMILES string of the molecule is CCOC(=O)c1cnc(Nc2cccc(F)c2Cl)nc1NCCCNC(=S)NCCC(=O)O. The summed E-state index contributed by atoms with van der Waals surface area (Å²) in [5.74, 6) is -1.74. The molecule has 178 valence electrons. The summed E-state index contributed by atoms with van der Waals surface area (Å²) in [6, 6.07) is 4.29. The molecule has 1 aromatic carbocycles. The standard InChI is InChI=1S/C20H24ClFN6O4S/c1-2-32-18(31)12-11-26-19(27-14-6-3-5-13(22)16(14)21)28-17(12)23-8-4-9-24-20(33)25-10-7-15(29)30/h3,5-6,11H,2,4,7-10H2,1H3,(H,29,30)(H2,24,25,33)(H2,23,26,27,28). The summed E-state index contributed by atoms with van der Waals surface area (Å²) in [6.45, 7) is 3.03. The van der Waals surface area contributed by atoms with Crippen LogP contribution in [0.1, 0.15) is 30.1 Å². The third-order valence-electron chi connectivity index (χ3n) is 4.04. The van der Waals surface area contributed by atoms with Crippen molar-refractivity contribution < 1.29 is 23.8 Å². The molecule has 0 fully saturated rings. The number of nitrogens with one attached hydrogen (secondary N) is 4. The van der Waals surface area contributed by atoms with Crippen LogP contribution in [0.2, 0.25) is 5.02 Å². The minimum atomic E-state index is -0.912. The molecular weight excluding hydrogens is 475 g/mol. The van der Waals surface area contributed by atoms with E-state index in [2.05, 4.69) is 31.2 Å². The number of hydrogen-bond donors (Lipinski definition) is 5. The second-order valence-electron chi connectivity index (χ2n) is 6.51. The Bertz CT molecular complexity index is 997. The van der Waals surface area contributed by atoms with Crippen LogP contribution in [-0.4, -0.2) is 58.4 Å². The number of carboxylic acids is 1. The summed E-state index contributed by atoms with van der Waals surface area (Å²) < 4.78 is 18.7. The van der Waals surface area contributed by atoms with E-state index in [0.717, 1.165) is 0 Å². The number of halogens is 2. The highest BCUT2D eigenvalue weighted by Gasteiger charge is 2.16. The second-order valence-corrected chi connectivity index (χ2v) is 7.30. The molecule has 0 aliphatic heterocycles. The largest absolute Gasteiger partial charge is 0.481 e. The van der Waals surface area contributed by atoms with Crippen LogP contribution in [0.3, 0.4) is 0 Å². The Balaban J connectivity index is 1.98. The van der Waals surface area contributed by atoms with Crippen LogP contribution in [0.4, 0.5) is 21.8 Å². The van der Waals surface area contributed by atoms with Crippen LogP contribution >= 0.6 is 23.8 Å². The van der Waals surface area contributed by atoms with Gasteiger partial charge in [0.2, 0.25) is 5.95 Å². The van der Waals surface area contributed by atoms with Crippen molar-refractivity contribution in [2.24, 2.45) is 0 Å². The van der Waals surface area contributed by atoms with Gasteiger partial charge in [-0.05, 0) is 37.7 Å². The fraction of sp³-hybridized carbons (Fsp3) is 0.350. The Hall–Kier alpha value is -3.25. The van der Waals surface area contributed by atoms with E-state index in [1.807, 2.05) is 0 Å². The molecule has 2 aromatic rings. The Morgan fingerprint density at radius 1 is 1.24 bits per heavy atom. The minimum Gasteiger partial charge on any atom is -0.481 e. The fourth-order valence-corrected chi connectivity index (χ4v) is 2.88. The Kier molecular flexibility index (Phi) is 10.5. The first-order chi connectivity index (χ1) is 15.8. The van der Waals surface area contributed by atoms with Crippen molar-refractivity contribution in [2.75, 3.05) is 36.9 Å². The topological polar surface area (TPSA) is 138 Å². The second kappa shape index (κ2) is 13.3. The normalized spacial score (nSPS) is 10.3. The highest BCUT2D eigenvalue weighted by Crippen LogP contribution is 2.27. The third-order valence-corrected chi connectivity index (χ3v) is 4.71. The quantitative estimate of drug-likeness (QED) is 0.168. The van der Waals surface area contributed by atoms with E-state index in [1.54, 1.807) is 13.0 Å². The molecule has 1 heterocycles. The first-order valence-corrected chi connectivity index (χ1v) is 10.8. The Morgan fingerprint density at radius 3 is 2.73 bits per heavy atom. The summed E-state index contributed by atoms with van der Waals surface area (Å²) in [4.78, 5) is 31.1. The number of nitrogens with zero attached hydrogens (tertiary/aromatic N) is 2. The molecule has 0 bridgehead atoms. The molecule has 0 atom stereocenters. The zero-order valence-electron chi connectivity index (χ0n) is 17.8. The number of rotatable bonds is 12. The van der Waals surface area contributed by atoms with Gasteiger partial charge in [-0.1, -0.05) is 17.7 Å². The van der Waals surface area contributed by atoms with Crippen LogP contribution < -0.4 is 21.3 Å². The number of ether oxygens (including phenoxy) is 1. The predicted octanol–water partition coefficient (Wildman–Crippen LogP) is 2.93. The van der Waals surface area contributed by atoms with Crippen molar-refractivity contribution in [3.63, 3.8) is 0 Å². The number of carbonyl (C=O) groups excluding carboxylic acids is 1. The minimum absolute atomic E-state index is 0.0368. The monoisotopic (exact) mass is 498 g/mol. The predicted molar refractivity (Wildman–Crippen MR) is 127 cm³/mol. The maximum Gasteiger partial charge on any atom is 0.343 e. The molecule has 0 saturated carbocycles. The number of benzene rings is 1. The molecule has 33 heavy (non-hydrogen) atoms. The van der Waals surface area contributed by atoms with Crippen molar-refractivity contribution in [2.45, 2.75) is 19.8 Å². The number of anilines is 3. The first-order valence-electron chi connectivity index (χ1n) is 10.0. The molecule has 0 saturated heterocycles. The van der Waals surface area contributed by atoms with Gasteiger partial charge in [-0.25, -0.2) is 14.2 Å². The van der Waals surface area contributed by atoms with E-state index in [1.165, 1.54) is 18.3 Å². The van der Waals surface area contributed by atoms with E-state index < -0.39 is 17.8 Å². The fourth-order valence-electron chi connectivity index (χ4n) is 2.50. The number of aliphatic carboxylic acids is 1. The van der Waals surface area contributed by atoms with E-state index in [9.17, 15) is 14.0 Å². The smallest absolute Gasteiger partial charge is 0.343 e. The molecule has 0 spiro atoms. The Labute approximate surface area is 200 Å². The molecule has 0 radical (unpaired) electrons. The zero-order chi connectivity index (χ0) is 24.2. The van der Waals surface area contributed by atoms with E-state index in [0.29, 0.717) is 24.6 Å².